The zero-order valence-electron chi connectivity index (χ0n) is 12.2. The fraction of sp³-hybridized carbons (Fsp3) is 0.714. The van der Waals surface area contributed by atoms with Crippen LogP contribution in [0.15, 0.2) is 15.8 Å². The summed E-state index contributed by atoms with van der Waals surface area (Å²) in [6.45, 7) is 2.63. The van der Waals surface area contributed by atoms with E-state index in [1.165, 1.54) is 10.8 Å². The lowest BCUT2D eigenvalue weighted by Gasteiger charge is -2.15. The van der Waals surface area contributed by atoms with Crippen LogP contribution in [0.2, 0.25) is 0 Å². The number of rotatable bonds is 6. The number of aromatic nitrogens is 2. The Kier molecular flexibility index (Phi) is 5.19. The van der Waals surface area contributed by atoms with Crippen LogP contribution in [0.1, 0.15) is 38.6 Å². The Morgan fingerprint density at radius 1 is 1.43 bits per heavy atom. The third-order valence-electron chi connectivity index (χ3n) is 4.07. The van der Waals surface area contributed by atoms with Gasteiger partial charge in [-0.2, -0.15) is 0 Å². The molecule has 1 heterocycles. The Hall–Kier alpha value is -1.60. The molecule has 0 aromatic carbocycles. The molecule has 1 saturated carbocycles. The molecule has 0 aliphatic heterocycles. The van der Waals surface area contributed by atoms with Crippen molar-refractivity contribution in [3.63, 3.8) is 0 Å². The van der Waals surface area contributed by atoms with Gasteiger partial charge in [0.25, 0.3) is 5.56 Å². The van der Waals surface area contributed by atoms with Crippen LogP contribution in [-0.2, 0) is 0 Å². The largest absolute Gasteiger partial charge is 0.396 e. The van der Waals surface area contributed by atoms with Crippen molar-refractivity contribution in [2.24, 2.45) is 5.92 Å². The summed E-state index contributed by atoms with van der Waals surface area (Å²) in [5.74, 6) is -0.217. The van der Waals surface area contributed by atoms with Crippen LogP contribution in [0.25, 0.3) is 0 Å². The summed E-state index contributed by atoms with van der Waals surface area (Å²) in [5, 5.41) is 22.1. The predicted octanol–water partition coefficient (Wildman–Crippen LogP) is 0.0529. The number of H-pyrrole nitrogens is 1. The maximum absolute atomic E-state index is 11.9. The Morgan fingerprint density at radius 3 is 2.81 bits per heavy atom. The van der Waals surface area contributed by atoms with Gasteiger partial charge in [0, 0.05) is 31.3 Å². The Balaban J connectivity index is 2.22. The Bertz CT molecular complexity index is 580. The Labute approximate surface area is 122 Å². The molecule has 3 atom stereocenters. The second-order valence-electron chi connectivity index (χ2n) is 5.62. The SMILES string of the molecule is CCCCNc1cn([C@@H]2C[C@H](CO)[C@@H](O)C2)c(=O)[nH]c1=O. The molecular weight excluding hydrogens is 274 g/mol. The summed E-state index contributed by atoms with van der Waals surface area (Å²) < 4.78 is 1.45. The zero-order valence-corrected chi connectivity index (χ0v) is 12.2. The molecule has 1 aliphatic carbocycles. The van der Waals surface area contributed by atoms with Crippen LogP contribution < -0.4 is 16.6 Å². The molecule has 4 N–H and O–H groups in total. The second kappa shape index (κ2) is 6.91. The first-order valence-corrected chi connectivity index (χ1v) is 7.45. The van der Waals surface area contributed by atoms with Gasteiger partial charge in [-0.1, -0.05) is 13.3 Å². The number of nitrogens with one attached hydrogen (secondary N) is 2. The number of nitrogens with zero attached hydrogens (tertiary/aromatic N) is 1. The molecule has 7 heteroatoms. The zero-order chi connectivity index (χ0) is 15.4. The van der Waals surface area contributed by atoms with Gasteiger partial charge >= 0.3 is 5.69 Å². The number of unbranched alkanes of at least 4 members (excludes halogenated alkanes) is 1. The molecule has 2 rings (SSSR count). The van der Waals surface area contributed by atoms with Gasteiger partial charge in [-0.3, -0.25) is 14.3 Å². The van der Waals surface area contributed by atoms with E-state index in [1.54, 1.807) is 0 Å². The number of hydrogen-bond acceptors (Lipinski definition) is 5. The number of aliphatic hydroxyl groups is 2. The van der Waals surface area contributed by atoms with Gasteiger partial charge in [0.1, 0.15) is 5.69 Å². The van der Waals surface area contributed by atoms with Gasteiger partial charge in [-0.15, -0.1) is 0 Å². The summed E-state index contributed by atoms with van der Waals surface area (Å²) in [6, 6.07) is -0.201. The lowest BCUT2D eigenvalue weighted by molar-refractivity contribution is 0.0906. The van der Waals surface area contributed by atoms with Crippen molar-refractivity contribution in [2.75, 3.05) is 18.5 Å². The first kappa shape index (κ1) is 15.8. The fourth-order valence-electron chi connectivity index (χ4n) is 2.78. The maximum atomic E-state index is 11.9. The van der Waals surface area contributed by atoms with Gasteiger partial charge < -0.3 is 15.5 Å². The normalized spacial score (nSPS) is 25.2. The second-order valence-corrected chi connectivity index (χ2v) is 5.62. The number of aromatic amines is 1. The van der Waals surface area contributed by atoms with Crippen molar-refractivity contribution in [3.05, 3.63) is 27.0 Å². The van der Waals surface area contributed by atoms with E-state index < -0.39 is 17.4 Å². The summed E-state index contributed by atoms with van der Waals surface area (Å²) in [4.78, 5) is 26.0. The molecule has 1 fully saturated rings. The van der Waals surface area contributed by atoms with Crippen LogP contribution in [0.3, 0.4) is 0 Å². The van der Waals surface area contributed by atoms with Crippen molar-refractivity contribution in [1.29, 1.82) is 0 Å². The van der Waals surface area contributed by atoms with E-state index in [4.69, 9.17) is 0 Å². The van der Waals surface area contributed by atoms with Crippen molar-refractivity contribution in [1.82, 2.24) is 9.55 Å². The summed E-state index contributed by atoms with van der Waals surface area (Å²) >= 11 is 0. The average molecular weight is 297 g/mol. The molecule has 21 heavy (non-hydrogen) atoms. The van der Waals surface area contributed by atoms with Gasteiger partial charge in [0.05, 0.1) is 6.10 Å². The minimum atomic E-state index is -0.615. The lowest BCUT2D eigenvalue weighted by atomic mass is 10.1. The molecule has 0 spiro atoms. The van der Waals surface area contributed by atoms with Crippen molar-refractivity contribution in [2.45, 2.75) is 44.8 Å². The van der Waals surface area contributed by atoms with E-state index >= 15 is 0 Å². The van der Waals surface area contributed by atoms with E-state index in [2.05, 4.69) is 17.2 Å². The van der Waals surface area contributed by atoms with Crippen LogP contribution in [0.4, 0.5) is 5.69 Å². The molecule has 0 amide bonds. The first-order valence-electron chi connectivity index (χ1n) is 7.45. The molecule has 1 aromatic rings. The van der Waals surface area contributed by atoms with Crippen LogP contribution in [0.5, 0.6) is 0 Å². The van der Waals surface area contributed by atoms with E-state index in [1.807, 2.05) is 0 Å². The highest BCUT2D eigenvalue weighted by Crippen LogP contribution is 2.33. The van der Waals surface area contributed by atoms with Crippen LogP contribution in [-0.4, -0.2) is 39.0 Å². The van der Waals surface area contributed by atoms with Gasteiger partial charge in [0.15, 0.2) is 0 Å². The predicted molar refractivity (Wildman–Crippen MR) is 79.6 cm³/mol. The highest BCUT2D eigenvalue weighted by Gasteiger charge is 2.34. The summed E-state index contributed by atoms with van der Waals surface area (Å²) in [7, 11) is 0. The van der Waals surface area contributed by atoms with Gasteiger partial charge in [-0.25, -0.2) is 4.79 Å². The molecule has 1 aromatic heterocycles. The summed E-state index contributed by atoms with van der Waals surface area (Å²) in [5.41, 5.74) is -0.536. The molecule has 0 bridgehead atoms. The Morgan fingerprint density at radius 2 is 2.19 bits per heavy atom. The maximum Gasteiger partial charge on any atom is 0.328 e. The molecule has 0 radical (unpaired) electrons. The van der Waals surface area contributed by atoms with Crippen LogP contribution in [0, 0.1) is 5.92 Å². The highest BCUT2D eigenvalue weighted by atomic mass is 16.3. The average Bonchev–Trinajstić information content (AvgIpc) is 2.82. The van der Waals surface area contributed by atoms with E-state index in [9.17, 15) is 19.8 Å². The van der Waals surface area contributed by atoms with Crippen molar-refractivity contribution >= 4 is 5.69 Å². The smallest absolute Gasteiger partial charge is 0.328 e. The van der Waals surface area contributed by atoms with Crippen molar-refractivity contribution < 1.29 is 10.2 Å². The topological polar surface area (TPSA) is 107 Å². The third-order valence-corrected chi connectivity index (χ3v) is 4.07. The van der Waals surface area contributed by atoms with E-state index in [-0.39, 0.29) is 18.6 Å². The molecule has 0 unspecified atom stereocenters. The van der Waals surface area contributed by atoms with Gasteiger partial charge in [0.2, 0.25) is 0 Å². The van der Waals surface area contributed by atoms with E-state index in [0.29, 0.717) is 25.1 Å². The first-order chi connectivity index (χ1) is 10.1. The molecule has 7 nitrogen and oxygen atoms in total. The standard InChI is InChI=1S/C14H23N3O4/c1-2-3-4-15-11-7-17(14(21)16-13(11)20)10-5-9(8-18)12(19)6-10/h7,9-10,12,15,18-19H,2-6,8H2,1H3,(H,16,20,21)/t9-,10-,12+/m1/s1. The third kappa shape index (κ3) is 3.54. The molecular formula is C14H23N3O4. The van der Waals surface area contributed by atoms with Crippen LogP contribution >= 0.6 is 0 Å². The minimum Gasteiger partial charge on any atom is -0.396 e. The van der Waals surface area contributed by atoms with Gasteiger partial charge in [-0.05, 0) is 19.3 Å². The summed E-state index contributed by atoms with van der Waals surface area (Å²) in [6.07, 6.45) is 3.79. The number of anilines is 1. The molecule has 1 aliphatic rings. The lowest BCUT2D eigenvalue weighted by Crippen LogP contribution is -2.33. The quantitative estimate of drug-likeness (QED) is 0.555. The van der Waals surface area contributed by atoms with Crippen molar-refractivity contribution in [3.8, 4) is 0 Å². The minimum absolute atomic E-state index is 0.0998. The number of aliphatic hydroxyl groups excluding tert-OH is 2. The fourth-order valence-corrected chi connectivity index (χ4v) is 2.78. The molecule has 0 saturated heterocycles. The number of hydrogen-bond donors (Lipinski definition) is 4. The monoisotopic (exact) mass is 297 g/mol. The molecule has 118 valence electrons. The highest BCUT2D eigenvalue weighted by molar-refractivity contribution is 5.37. The van der Waals surface area contributed by atoms with E-state index in [0.717, 1.165) is 12.8 Å².